The lowest BCUT2D eigenvalue weighted by atomic mass is 10.1. The molecule has 1 aliphatic rings. The van der Waals surface area contributed by atoms with Gasteiger partial charge in [-0.2, -0.15) is 0 Å². The Hall–Kier alpha value is -2.16. The quantitative estimate of drug-likeness (QED) is 0.300. The standard InChI is InChI=1S/C22H29N5O.HI/c1-2-23-22(26-16-20-11-5-6-13-24-20)25-15-17-8-7-12-19(14-17)27-21(28)18-9-3-4-10-18;/h5-8,11-14,18H,2-4,9-10,15-16H2,1H3,(H,27,28)(H2,23,25,26);1H. The highest BCUT2D eigenvalue weighted by atomic mass is 127. The van der Waals surface area contributed by atoms with Gasteiger partial charge in [-0.15, -0.1) is 24.0 Å². The van der Waals surface area contributed by atoms with Crippen molar-refractivity contribution in [1.82, 2.24) is 15.6 Å². The maximum atomic E-state index is 12.3. The summed E-state index contributed by atoms with van der Waals surface area (Å²) in [5.41, 5.74) is 2.86. The van der Waals surface area contributed by atoms with Crippen LogP contribution < -0.4 is 16.0 Å². The fourth-order valence-corrected chi connectivity index (χ4v) is 3.37. The van der Waals surface area contributed by atoms with Crippen LogP contribution in [-0.2, 0) is 17.9 Å². The Morgan fingerprint density at radius 3 is 2.69 bits per heavy atom. The number of carbonyl (C=O) groups is 1. The molecule has 6 nitrogen and oxygen atoms in total. The summed E-state index contributed by atoms with van der Waals surface area (Å²) in [4.78, 5) is 21.3. The van der Waals surface area contributed by atoms with Crippen LogP contribution in [0.1, 0.15) is 43.9 Å². The number of carbonyl (C=O) groups excluding carboxylic acids is 1. The predicted octanol–water partition coefficient (Wildman–Crippen LogP) is 4.08. The van der Waals surface area contributed by atoms with Crippen molar-refractivity contribution in [3.8, 4) is 0 Å². The van der Waals surface area contributed by atoms with E-state index in [1.807, 2.05) is 49.4 Å². The average Bonchev–Trinajstić information content (AvgIpc) is 3.26. The van der Waals surface area contributed by atoms with Crippen molar-refractivity contribution < 1.29 is 4.79 Å². The minimum absolute atomic E-state index is 0. The number of benzene rings is 1. The van der Waals surface area contributed by atoms with Crippen LogP contribution in [0.5, 0.6) is 0 Å². The van der Waals surface area contributed by atoms with Gasteiger partial charge in [0.15, 0.2) is 5.96 Å². The molecule has 0 atom stereocenters. The van der Waals surface area contributed by atoms with Crippen LogP contribution in [0.25, 0.3) is 0 Å². The summed E-state index contributed by atoms with van der Waals surface area (Å²) < 4.78 is 0. The molecule has 7 heteroatoms. The van der Waals surface area contributed by atoms with E-state index in [0.29, 0.717) is 13.1 Å². The molecule has 1 heterocycles. The van der Waals surface area contributed by atoms with Gasteiger partial charge in [0.05, 0.1) is 18.8 Å². The lowest BCUT2D eigenvalue weighted by Crippen LogP contribution is -2.37. The number of rotatable bonds is 7. The molecule has 0 bridgehead atoms. The highest BCUT2D eigenvalue weighted by Crippen LogP contribution is 2.26. The van der Waals surface area contributed by atoms with Crippen LogP contribution in [0.2, 0.25) is 0 Å². The molecule has 1 aromatic heterocycles. The van der Waals surface area contributed by atoms with Crippen molar-refractivity contribution in [2.24, 2.45) is 10.9 Å². The van der Waals surface area contributed by atoms with E-state index in [4.69, 9.17) is 0 Å². The lowest BCUT2D eigenvalue weighted by Gasteiger charge is -2.12. The molecule has 3 rings (SSSR count). The minimum Gasteiger partial charge on any atom is -0.357 e. The first kappa shape index (κ1) is 23.1. The summed E-state index contributed by atoms with van der Waals surface area (Å²) in [5.74, 6) is 1.05. The minimum atomic E-state index is 0. The number of amides is 1. The summed E-state index contributed by atoms with van der Waals surface area (Å²) in [6, 6.07) is 13.8. The topological polar surface area (TPSA) is 78.4 Å². The van der Waals surface area contributed by atoms with E-state index in [9.17, 15) is 4.79 Å². The first-order valence-electron chi connectivity index (χ1n) is 10.1. The van der Waals surface area contributed by atoms with Gasteiger partial charge in [0, 0.05) is 24.3 Å². The molecule has 0 unspecified atom stereocenters. The largest absolute Gasteiger partial charge is 0.357 e. The molecule has 2 aromatic rings. The zero-order valence-corrected chi connectivity index (χ0v) is 19.2. The number of nitrogens with zero attached hydrogens (tertiary/aromatic N) is 2. The van der Waals surface area contributed by atoms with Crippen molar-refractivity contribution >= 4 is 41.5 Å². The maximum Gasteiger partial charge on any atom is 0.227 e. The molecule has 1 saturated carbocycles. The van der Waals surface area contributed by atoms with E-state index < -0.39 is 0 Å². The molecule has 156 valence electrons. The zero-order chi connectivity index (χ0) is 19.6. The van der Waals surface area contributed by atoms with E-state index in [2.05, 4.69) is 25.9 Å². The first-order chi connectivity index (χ1) is 13.7. The molecule has 0 spiro atoms. The van der Waals surface area contributed by atoms with Crippen LogP contribution in [0.3, 0.4) is 0 Å². The summed E-state index contributed by atoms with van der Waals surface area (Å²) in [6.45, 7) is 3.97. The van der Waals surface area contributed by atoms with E-state index in [1.165, 1.54) is 0 Å². The molecular weight excluding hydrogens is 477 g/mol. The maximum absolute atomic E-state index is 12.3. The number of aliphatic imine (C=N–C) groups is 1. The Kier molecular flexibility index (Phi) is 9.90. The summed E-state index contributed by atoms with van der Waals surface area (Å²) >= 11 is 0. The van der Waals surface area contributed by atoms with Gasteiger partial charge in [-0.3, -0.25) is 9.78 Å². The fourth-order valence-electron chi connectivity index (χ4n) is 3.37. The van der Waals surface area contributed by atoms with Crippen LogP contribution in [0, 0.1) is 5.92 Å². The predicted molar refractivity (Wildman–Crippen MR) is 128 cm³/mol. The number of guanidine groups is 1. The number of hydrogen-bond donors (Lipinski definition) is 3. The smallest absolute Gasteiger partial charge is 0.227 e. The Labute approximate surface area is 190 Å². The highest BCUT2D eigenvalue weighted by molar-refractivity contribution is 14.0. The van der Waals surface area contributed by atoms with Crippen LogP contribution in [0.4, 0.5) is 5.69 Å². The van der Waals surface area contributed by atoms with Gasteiger partial charge >= 0.3 is 0 Å². The fraction of sp³-hybridized carbons (Fsp3) is 0.409. The summed E-state index contributed by atoms with van der Waals surface area (Å²) in [5, 5.41) is 9.60. The van der Waals surface area contributed by atoms with Gasteiger partial charge in [0.2, 0.25) is 5.91 Å². The average molecular weight is 507 g/mol. The Morgan fingerprint density at radius 1 is 1.14 bits per heavy atom. The number of pyridine rings is 1. The summed E-state index contributed by atoms with van der Waals surface area (Å²) in [7, 11) is 0. The van der Waals surface area contributed by atoms with Gasteiger partial charge in [-0.05, 0) is 49.6 Å². The van der Waals surface area contributed by atoms with Gasteiger partial charge in [0.1, 0.15) is 0 Å². The number of anilines is 1. The second kappa shape index (κ2) is 12.4. The molecule has 1 fully saturated rings. The van der Waals surface area contributed by atoms with E-state index >= 15 is 0 Å². The number of halogens is 1. The number of aromatic nitrogens is 1. The van der Waals surface area contributed by atoms with Crippen molar-refractivity contribution in [2.75, 3.05) is 11.9 Å². The Bertz CT molecular complexity index is 791. The third-order valence-corrected chi connectivity index (χ3v) is 4.85. The normalized spacial score (nSPS) is 14.2. The van der Waals surface area contributed by atoms with Gasteiger partial charge < -0.3 is 16.0 Å². The third kappa shape index (κ3) is 7.64. The van der Waals surface area contributed by atoms with E-state index in [-0.39, 0.29) is 35.8 Å². The SMILES string of the molecule is CCNC(=NCc1cccc(NC(=O)C2CCCC2)c1)NCc1ccccn1.I. The van der Waals surface area contributed by atoms with Crippen LogP contribution >= 0.6 is 24.0 Å². The summed E-state index contributed by atoms with van der Waals surface area (Å²) in [6.07, 6.45) is 6.11. The second-order valence-corrected chi connectivity index (χ2v) is 7.04. The van der Waals surface area contributed by atoms with Crippen molar-refractivity contribution in [3.05, 3.63) is 59.9 Å². The first-order valence-corrected chi connectivity index (χ1v) is 10.1. The molecule has 3 N–H and O–H groups in total. The highest BCUT2D eigenvalue weighted by Gasteiger charge is 2.22. The van der Waals surface area contributed by atoms with Crippen molar-refractivity contribution in [1.29, 1.82) is 0 Å². The Balaban J connectivity index is 0.00000300. The van der Waals surface area contributed by atoms with Gasteiger partial charge in [0.25, 0.3) is 0 Å². The van der Waals surface area contributed by atoms with Crippen LogP contribution in [-0.4, -0.2) is 23.4 Å². The molecule has 0 saturated heterocycles. The third-order valence-electron chi connectivity index (χ3n) is 4.85. The van der Waals surface area contributed by atoms with E-state index in [1.54, 1.807) is 6.20 Å². The number of nitrogens with one attached hydrogen (secondary N) is 3. The van der Waals surface area contributed by atoms with Crippen molar-refractivity contribution in [2.45, 2.75) is 45.7 Å². The lowest BCUT2D eigenvalue weighted by molar-refractivity contribution is -0.119. The van der Waals surface area contributed by atoms with Gasteiger partial charge in [-0.1, -0.05) is 31.0 Å². The molecule has 0 radical (unpaired) electrons. The van der Waals surface area contributed by atoms with E-state index in [0.717, 1.165) is 55.1 Å². The monoisotopic (exact) mass is 507 g/mol. The number of hydrogen-bond acceptors (Lipinski definition) is 3. The Morgan fingerprint density at radius 2 is 1.97 bits per heavy atom. The molecule has 29 heavy (non-hydrogen) atoms. The second-order valence-electron chi connectivity index (χ2n) is 7.04. The molecule has 1 aromatic carbocycles. The van der Waals surface area contributed by atoms with Gasteiger partial charge in [-0.25, -0.2) is 4.99 Å². The molecule has 1 aliphatic carbocycles. The van der Waals surface area contributed by atoms with Crippen molar-refractivity contribution in [3.63, 3.8) is 0 Å². The van der Waals surface area contributed by atoms with Crippen LogP contribution in [0.15, 0.2) is 53.7 Å². The molecular formula is C22H30IN5O. The molecule has 1 amide bonds. The zero-order valence-electron chi connectivity index (χ0n) is 16.9. The molecule has 0 aliphatic heterocycles.